The molecule has 0 saturated heterocycles. The van der Waals surface area contributed by atoms with E-state index in [9.17, 15) is 9.18 Å². The second-order valence-electron chi connectivity index (χ2n) is 5.72. The highest BCUT2D eigenvalue weighted by molar-refractivity contribution is 5.92. The van der Waals surface area contributed by atoms with Crippen molar-refractivity contribution < 1.29 is 9.18 Å². The van der Waals surface area contributed by atoms with Crippen LogP contribution in [0.3, 0.4) is 0 Å². The summed E-state index contributed by atoms with van der Waals surface area (Å²) in [5, 5.41) is 6.05. The number of carbonyl (C=O) groups is 1. The molecule has 2 aliphatic carbocycles. The molecule has 3 nitrogen and oxygen atoms in total. The van der Waals surface area contributed by atoms with Gasteiger partial charge in [-0.15, -0.1) is 0 Å². The quantitative estimate of drug-likeness (QED) is 0.875. The lowest BCUT2D eigenvalue weighted by molar-refractivity contribution is -0.115. The van der Waals surface area contributed by atoms with Crippen molar-refractivity contribution in [2.24, 2.45) is 11.8 Å². The second-order valence-corrected chi connectivity index (χ2v) is 5.72. The van der Waals surface area contributed by atoms with E-state index >= 15 is 0 Å². The van der Waals surface area contributed by atoms with E-state index in [0.717, 1.165) is 11.8 Å². The number of hydrogen-bond donors (Lipinski definition) is 2. The number of carbonyl (C=O) groups excluding carboxylic acids is 1. The lowest BCUT2D eigenvalue weighted by atomic mass is 9.95. The number of rotatable bonds is 4. The van der Waals surface area contributed by atoms with Gasteiger partial charge in [0.25, 0.3) is 0 Å². The minimum absolute atomic E-state index is 0.103. The molecule has 3 atom stereocenters. The number of anilines is 1. The summed E-state index contributed by atoms with van der Waals surface area (Å²) < 4.78 is 13.0. The topological polar surface area (TPSA) is 41.1 Å². The molecule has 19 heavy (non-hydrogen) atoms. The van der Waals surface area contributed by atoms with Gasteiger partial charge < -0.3 is 10.6 Å². The number of halogens is 1. The number of nitrogens with one attached hydrogen (secondary N) is 2. The van der Waals surface area contributed by atoms with Crippen LogP contribution < -0.4 is 10.6 Å². The average molecular weight is 262 g/mol. The Balaban J connectivity index is 1.47. The monoisotopic (exact) mass is 262 g/mol. The van der Waals surface area contributed by atoms with E-state index in [0.29, 0.717) is 18.3 Å². The van der Waals surface area contributed by atoms with E-state index in [1.807, 2.05) is 0 Å². The van der Waals surface area contributed by atoms with Crippen molar-refractivity contribution in [1.82, 2.24) is 5.32 Å². The Bertz CT molecular complexity index is 477. The zero-order chi connectivity index (χ0) is 13.2. The van der Waals surface area contributed by atoms with Crippen LogP contribution in [0.1, 0.15) is 25.7 Å². The van der Waals surface area contributed by atoms with Crippen molar-refractivity contribution in [2.45, 2.75) is 31.7 Å². The van der Waals surface area contributed by atoms with Gasteiger partial charge >= 0.3 is 0 Å². The van der Waals surface area contributed by atoms with Crippen LogP contribution in [0.4, 0.5) is 10.1 Å². The summed E-state index contributed by atoms with van der Waals surface area (Å²) in [6.07, 6.45) is 5.19. The molecule has 3 rings (SSSR count). The lowest BCUT2D eigenvalue weighted by Crippen LogP contribution is -2.39. The van der Waals surface area contributed by atoms with Gasteiger partial charge in [-0.3, -0.25) is 4.79 Å². The second kappa shape index (κ2) is 5.29. The Kier molecular flexibility index (Phi) is 3.51. The Hall–Kier alpha value is -1.42. The summed E-state index contributed by atoms with van der Waals surface area (Å²) in [5.41, 5.74) is 0.514. The molecule has 0 heterocycles. The maximum Gasteiger partial charge on any atom is 0.238 e. The first-order valence-electron chi connectivity index (χ1n) is 6.99. The fraction of sp³-hybridized carbons (Fsp3) is 0.533. The highest BCUT2D eigenvalue weighted by Crippen LogP contribution is 2.44. The van der Waals surface area contributed by atoms with Gasteiger partial charge in [0.05, 0.1) is 6.54 Å². The molecule has 2 saturated carbocycles. The molecule has 2 N–H and O–H groups in total. The fourth-order valence-corrected chi connectivity index (χ4v) is 3.49. The van der Waals surface area contributed by atoms with Gasteiger partial charge in [-0.1, -0.05) is 12.5 Å². The first kappa shape index (κ1) is 12.6. The van der Waals surface area contributed by atoms with Crippen molar-refractivity contribution >= 4 is 11.6 Å². The van der Waals surface area contributed by atoms with Gasteiger partial charge in [0, 0.05) is 11.7 Å². The van der Waals surface area contributed by atoms with Crippen molar-refractivity contribution in [2.75, 3.05) is 11.9 Å². The molecule has 0 spiro atoms. The number of amides is 1. The molecular weight excluding hydrogens is 243 g/mol. The van der Waals surface area contributed by atoms with E-state index in [-0.39, 0.29) is 11.7 Å². The van der Waals surface area contributed by atoms with Gasteiger partial charge in [0.15, 0.2) is 0 Å². The third-order valence-electron chi connectivity index (χ3n) is 4.37. The van der Waals surface area contributed by atoms with Gasteiger partial charge in [-0.2, -0.15) is 0 Å². The molecule has 1 aromatic carbocycles. The molecule has 0 aliphatic heterocycles. The fourth-order valence-electron chi connectivity index (χ4n) is 3.49. The van der Waals surface area contributed by atoms with Gasteiger partial charge in [-0.25, -0.2) is 4.39 Å². The first-order chi connectivity index (χ1) is 9.20. The van der Waals surface area contributed by atoms with Gasteiger partial charge in [-0.05, 0) is 49.3 Å². The Morgan fingerprint density at radius 3 is 2.89 bits per heavy atom. The summed E-state index contributed by atoms with van der Waals surface area (Å²) in [7, 11) is 0. The maximum atomic E-state index is 13.0. The SMILES string of the molecule is O=C(CNC1CC2CCC1C2)Nc1cccc(F)c1. The largest absolute Gasteiger partial charge is 0.325 e. The van der Waals surface area contributed by atoms with E-state index in [1.165, 1.54) is 37.8 Å². The van der Waals surface area contributed by atoms with Crippen molar-refractivity contribution in [1.29, 1.82) is 0 Å². The van der Waals surface area contributed by atoms with E-state index < -0.39 is 0 Å². The average Bonchev–Trinajstić information content (AvgIpc) is 2.98. The highest BCUT2D eigenvalue weighted by Gasteiger charge is 2.39. The molecule has 1 amide bonds. The predicted octanol–water partition coefficient (Wildman–Crippen LogP) is 2.54. The third kappa shape index (κ3) is 2.95. The summed E-state index contributed by atoms with van der Waals surface area (Å²) in [6.45, 7) is 0.310. The molecular formula is C15H19FN2O. The Morgan fingerprint density at radius 2 is 2.21 bits per heavy atom. The summed E-state index contributed by atoms with van der Waals surface area (Å²) in [4.78, 5) is 11.8. The molecule has 0 aromatic heterocycles. The van der Waals surface area contributed by atoms with E-state index in [1.54, 1.807) is 12.1 Å². The molecule has 3 unspecified atom stereocenters. The van der Waals surface area contributed by atoms with Crippen LogP contribution in [0, 0.1) is 17.7 Å². The van der Waals surface area contributed by atoms with Crippen LogP contribution in [0.5, 0.6) is 0 Å². The minimum Gasteiger partial charge on any atom is -0.325 e. The van der Waals surface area contributed by atoms with Crippen LogP contribution in [-0.2, 0) is 4.79 Å². The Morgan fingerprint density at radius 1 is 1.32 bits per heavy atom. The number of benzene rings is 1. The normalized spacial score (nSPS) is 28.6. The summed E-state index contributed by atoms with van der Waals surface area (Å²) in [6, 6.07) is 6.47. The minimum atomic E-state index is -0.334. The van der Waals surface area contributed by atoms with Crippen LogP contribution in [-0.4, -0.2) is 18.5 Å². The Labute approximate surface area is 112 Å². The standard InChI is InChI=1S/C15H19FN2O/c16-12-2-1-3-13(8-12)18-15(19)9-17-14-7-10-4-5-11(14)6-10/h1-3,8,10-11,14,17H,4-7,9H2,(H,18,19). The van der Waals surface area contributed by atoms with E-state index in [4.69, 9.17) is 0 Å². The zero-order valence-electron chi connectivity index (χ0n) is 10.9. The van der Waals surface area contributed by atoms with Crippen LogP contribution in [0.2, 0.25) is 0 Å². The molecule has 2 fully saturated rings. The number of hydrogen-bond acceptors (Lipinski definition) is 2. The molecule has 2 bridgehead atoms. The van der Waals surface area contributed by atoms with Crippen LogP contribution in [0.15, 0.2) is 24.3 Å². The van der Waals surface area contributed by atoms with Gasteiger partial charge in [0.2, 0.25) is 5.91 Å². The maximum absolute atomic E-state index is 13.0. The smallest absolute Gasteiger partial charge is 0.238 e. The zero-order valence-corrected chi connectivity index (χ0v) is 10.9. The predicted molar refractivity (Wildman–Crippen MR) is 72.3 cm³/mol. The first-order valence-corrected chi connectivity index (χ1v) is 6.99. The van der Waals surface area contributed by atoms with Gasteiger partial charge in [0.1, 0.15) is 5.82 Å². The molecule has 2 aliphatic rings. The summed E-state index contributed by atoms with van der Waals surface area (Å²) in [5.74, 6) is 1.19. The molecule has 0 radical (unpaired) electrons. The molecule has 1 aromatic rings. The van der Waals surface area contributed by atoms with Crippen LogP contribution in [0.25, 0.3) is 0 Å². The molecule has 4 heteroatoms. The molecule has 102 valence electrons. The van der Waals surface area contributed by atoms with Crippen molar-refractivity contribution in [3.63, 3.8) is 0 Å². The third-order valence-corrected chi connectivity index (χ3v) is 4.37. The van der Waals surface area contributed by atoms with Crippen molar-refractivity contribution in [3.05, 3.63) is 30.1 Å². The lowest BCUT2D eigenvalue weighted by Gasteiger charge is -2.22. The summed E-state index contributed by atoms with van der Waals surface area (Å²) >= 11 is 0. The highest BCUT2D eigenvalue weighted by atomic mass is 19.1. The van der Waals surface area contributed by atoms with Crippen molar-refractivity contribution in [3.8, 4) is 0 Å². The van der Waals surface area contributed by atoms with E-state index in [2.05, 4.69) is 10.6 Å². The number of fused-ring (bicyclic) bond motifs is 2. The van der Waals surface area contributed by atoms with Crippen LogP contribution >= 0.6 is 0 Å².